The Morgan fingerprint density at radius 2 is 2.00 bits per heavy atom. The van der Waals surface area contributed by atoms with Gasteiger partial charge in [0.25, 0.3) is 0 Å². The molecule has 100 valence electrons. The maximum absolute atomic E-state index is 11.8. The molecule has 0 saturated heterocycles. The molecule has 6 nitrogen and oxygen atoms in total. The monoisotopic (exact) mass is 253 g/mol. The Balaban J connectivity index is 2.87. The summed E-state index contributed by atoms with van der Waals surface area (Å²) in [5, 5.41) is 7.61. The number of esters is 1. The zero-order chi connectivity index (χ0) is 13.9. The number of nitrogens with zero attached hydrogens (tertiary/aromatic N) is 3. The molecule has 6 heteroatoms. The van der Waals surface area contributed by atoms with Crippen LogP contribution in [-0.4, -0.2) is 32.9 Å². The Labute approximate surface area is 106 Å². The number of Topliss-reactive ketones (excluding diaryl/α,β-unsaturated/α-hetero) is 1. The average Bonchev–Trinajstić information content (AvgIpc) is 2.69. The molecule has 0 radical (unpaired) electrons. The summed E-state index contributed by atoms with van der Waals surface area (Å²) < 4.78 is 6.65. The van der Waals surface area contributed by atoms with Crippen molar-refractivity contribution in [1.82, 2.24) is 15.0 Å². The molecule has 0 aliphatic heterocycles. The molecule has 0 amide bonds. The van der Waals surface area contributed by atoms with Gasteiger partial charge >= 0.3 is 5.97 Å². The largest absolute Gasteiger partial charge is 0.461 e. The molecule has 1 aromatic rings. The van der Waals surface area contributed by atoms with Crippen LogP contribution in [0, 0.1) is 6.92 Å². The number of ketones is 1. The Hall–Kier alpha value is -1.72. The van der Waals surface area contributed by atoms with Gasteiger partial charge in [-0.3, -0.25) is 4.79 Å². The second kappa shape index (κ2) is 5.75. The van der Waals surface area contributed by atoms with Gasteiger partial charge in [0, 0.05) is 6.92 Å². The van der Waals surface area contributed by atoms with E-state index in [9.17, 15) is 9.59 Å². The van der Waals surface area contributed by atoms with Crippen molar-refractivity contribution in [1.29, 1.82) is 0 Å². The van der Waals surface area contributed by atoms with Crippen LogP contribution >= 0.6 is 0 Å². The molecular formula is C12H19N3O3. The molecule has 1 heterocycles. The van der Waals surface area contributed by atoms with Crippen LogP contribution in [0.1, 0.15) is 56.3 Å². The van der Waals surface area contributed by atoms with Crippen LogP contribution < -0.4 is 0 Å². The molecule has 18 heavy (non-hydrogen) atoms. The molecule has 1 rings (SSSR count). The minimum atomic E-state index is -0.584. The minimum Gasteiger partial charge on any atom is -0.461 e. The first-order valence-corrected chi connectivity index (χ1v) is 6.01. The summed E-state index contributed by atoms with van der Waals surface area (Å²) in [6.45, 7) is 8.58. The van der Waals surface area contributed by atoms with Gasteiger partial charge in [-0.15, -0.1) is 5.10 Å². The van der Waals surface area contributed by atoms with Crippen molar-refractivity contribution in [3.8, 4) is 0 Å². The average molecular weight is 253 g/mol. The quantitative estimate of drug-likeness (QED) is 0.589. The van der Waals surface area contributed by atoms with Crippen molar-refractivity contribution in [2.75, 3.05) is 0 Å². The van der Waals surface area contributed by atoms with Crippen LogP contribution in [0.3, 0.4) is 0 Å². The molecule has 2 unspecified atom stereocenters. The summed E-state index contributed by atoms with van der Waals surface area (Å²) in [5.41, 5.74) is 0.870. The summed E-state index contributed by atoms with van der Waals surface area (Å²) in [6.07, 6.45) is 0.629. The fraction of sp³-hybridized carbons (Fsp3) is 0.667. The first-order chi connectivity index (χ1) is 8.38. The highest BCUT2D eigenvalue weighted by Crippen LogP contribution is 2.14. The summed E-state index contributed by atoms with van der Waals surface area (Å²) in [6, 6.07) is -0.584. The van der Waals surface area contributed by atoms with Crippen molar-refractivity contribution < 1.29 is 14.3 Å². The van der Waals surface area contributed by atoms with Crippen LogP contribution in [0.15, 0.2) is 0 Å². The van der Waals surface area contributed by atoms with Crippen LogP contribution in [0.2, 0.25) is 0 Å². The van der Waals surface area contributed by atoms with Crippen molar-refractivity contribution in [2.24, 2.45) is 0 Å². The molecule has 0 fully saturated rings. The predicted molar refractivity (Wildman–Crippen MR) is 65.3 cm³/mol. The number of ether oxygens (including phenoxy) is 1. The van der Waals surface area contributed by atoms with Crippen LogP contribution in [0.4, 0.5) is 0 Å². The van der Waals surface area contributed by atoms with E-state index < -0.39 is 6.04 Å². The zero-order valence-corrected chi connectivity index (χ0v) is 11.4. The van der Waals surface area contributed by atoms with E-state index in [0.29, 0.717) is 5.69 Å². The smallest absolute Gasteiger partial charge is 0.330 e. The number of carbonyl (C=O) groups excluding carboxylic acids is 2. The lowest BCUT2D eigenvalue weighted by atomic mass is 10.2. The number of carbonyl (C=O) groups is 2. The van der Waals surface area contributed by atoms with Gasteiger partial charge in [-0.1, -0.05) is 12.1 Å². The third-order valence-corrected chi connectivity index (χ3v) is 2.86. The molecular weight excluding hydrogens is 234 g/mol. The summed E-state index contributed by atoms with van der Waals surface area (Å²) >= 11 is 0. The van der Waals surface area contributed by atoms with Crippen LogP contribution in [0.5, 0.6) is 0 Å². The van der Waals surface area contributed by atoms with Gasteiger partial charge < -0.3 is 4.74 Å². The van der Waals surface area contributed by atoms with Gasteiger partial charge in [0.15, 0.2) is 11.5 Å². The lowest BCUT2D eigenvalue weighted by Crippen LogP contribution is -2.24. The molecule has 0 bridgehead atoms. The van der Waals surface area contributed by atoms with Gasteiger partial charge in [0.05, 0.1) is 11.8 Å². The van der Waals surface area contributed by atoms with E-state index in [0.717, 1.165) is 6.42 Å². The molecule has 0 aromatic carbocycles. The Kier molecular flexibility index (Phi) is 4.58. The minimum absolute atomic E-state index is 0.129. The van der Waals surface area contributed by atoms with Crippen molar-refractivity contribution in [3.05, 3.63) is 11.4 Å². The Bertz CT molecular complexity index is 453. The fourth-order valence-corrected chi connectivity index (χ4v) is 1.51. The fourth-order valence-electron chi connectivity index (χ4n) is 1.51. The van der Waals surface area contributed by atoms with Gasteiger partial charge in [-0.2, -0.15) is 0 Å². The van der Waals surface area contributed by atoms with E-state index in [2.05, 4.69) is 10.3 Å². The third kappa shape index (κ3) is 2.94. The number of hydrogen-bond acceptors (Lipinski definition) is 5. The van der Waals surface area contributed by atoms with Gasteiger partial charge in [0.2, 0.25) is 0 Å². The van der Waals surface area contributed by atoms with Crippen molar-refractivity contribution >= 4 is 11.8 Å². The predicted octanol–water partition coefficient (Wildman–Crippen LogP) is 1.69. The highest BCUT2D eigenvalue weighted by molar-refractivity contribution is 5.93. The van der Waals surface area contributed by atoms with E-state index >= 15 is 0 Å². The molecule has 0 aliphatic rings. The second-order valence-corrected chi connectivity index (χ2v) is 4.36. The topological polar surface area (TPSA) is 74.1 Å². The first-order valence-electron chi connectivity index (χ1n) is 6.01. The highest BCUT2D eigenvalue weighted by atomic mass is 16.5. The maximum atomic E-state index is 11.8. The molecule has 2 atom stereocenters. The normalized spacial score (nSPS) is 14.1. The molecule has 0 saturated carbocycles. The molecule has 0 spiro atoms. The lowest BCUT2D eigenvalue weighted by Gasteiger charge is -2.16. The van der Waals surface area contributed by atoms with Crippen molar-refractivity contribution in [3.63, 3.8) is 0 Å². The first kappa shape index (κ1) is 14.3. The van der Waals surface area contributed by atoms with Crippen molar-refractivity contribution in [2.45, 2.75) is 53.2 Å². The summed E-state index contributed by atoms with van der Waals surface area (Å²) in [7, 11) is 0. The maximum Gasteiger partial charge on any atom is 0.330 e. The highest BCUT2D eigenvalue weighted by Gasteiger charge is 2.23. The lowest BCUT2D eigenvalue weighted by molar-refractivity contribution is -0.152. The van der Waals surface area contributed by atoms with Crippen LogP contribution in [0.25, 0.3) is 0 Å². The molecule has 0 aliphatic carbocycles. The van der Waals surface area contributed by atoms with Crippen LogP contribution in [-0.2, 0) is 9.53 Å². The zero-order valence-electron chi connectivity index (χ0n) is 11.4. The van der Waals surface area contributed by atoms with Gasteiger partial charge in [-0.25, -0.2) is 9.48 Å². The van der Waals surface area contributed by atoms with Gasteiger partial charge in [0.1, 0.15) is 6.04 Å². The van der Waals surface area contributed by atoms with E-state index in [1.165, 1.54) is 11.6 Å². The Morgan fingerprint density at radius 1 is 1.39 bits per heavy atom. The summed E-state index contributed by atoms with van der Waals surface area (Å²) in [5.74, 6) is -0.534. The number of aromatic nitrogens is 3. The molecule has 0 N–H and O–H groups in total. The van der Waals surface area contributed by atoms with Gasteiger partial charge in [-0.05, 0) is 27.2 Å². The standard InChI is InChI=1S/C12H19N3O3/c1-6-7(2)18-12(17)9(4)15-8(3)11(10(5)16)13-14-15/h7,9H,6H2,1-5H3. The Morgan fingerprint density at radius 3 is 2.44 bits per heavy atom. The molecule has 1 aromatic heterocycles. The van der Waals surface area contributed by atoms with E-state index in [1.54, 1.807) is 13.8 Å². The number of hydrogen-bond donors (Lipinski definition) is 0. The summed E-state index contributed by atoms with van der Waals surface area (Å²) in [4.78, 5) is 23.1. The van der Waals surface area contributed by atoms with E-state index in [-0.39, 0.29) is 23.6 Å². The number of rotatable bonds is 5. The SMILES string of the molecule is CCC(C)OC(=O)C(C)n1nnc(C(C)=O)c1C. The van der Waals surface area contributed by atoms with E-state index in [4.69, 9.17) is 4.74 Å². The second-order valence-electron chi connectivity index (χ2n) is 4.36. The van der Waals surface area contributed by atoms with E-state index in [1.807, 2.05) is 13.8 Å². The third-order valence-electron chi connectivity index (χ3n) is 2.86.